The Bertz CT molecular complexity index is 371. The van der Waals surface area contributed by atoms with Crippen molar-refractivity contribution >= 4 is 11.7 Å². The first kappa shape index (κ1) is 11.2. The summed E-state index contributed by atoms with van der Waals surface area (Å²) in [7, 11) is 0. The summed E-state index contributed by atoms with van der Waals surface area (Å²) in [6.07, 6.45) is -1.54. The van der Waals surface area contributed by atoms with E-state index >= 15 is 0 Å². The largest absolute Gasteiger partial charge is 0.478 e. The lowest BCUT2D eigenvalue weighted by Gasteiger charge is -2.08. The van der Waals surface area contributed by atoms with Crippen molar-refractivity contribution in [3.63, 3.8) is 0 Å². The molecule has 0 saturated heterocycles. The van der Waals surface area contributed by atoms with Gasteiger partial charge in [-0.05, 0) is 6.07 Å². The van der Waals surface area contributed by atoms with Crippen molar-refractivity contribution < 1.29 is 23.4 Å². The van der Waals surface area contributed by atoms with Crippen molar-refractivity contribution in [3.05, 3.63) is 17.8 Å². The minimum Gasteiger partial charge on any atom is -0.478 e. The van der Waals surface area contributed by atoms with Gasteiger partial charge in [-0.1, -0.05) is 0 Å². The molecule has 0 bridgehead atoms. The number of pyridine rings is 1. The highest BCUT2D eigenvalue weighted by molar-refractivity contribution is 5.94. The lowest BCUT2D eigenvalue weighted by atomic mass is 10.2. The van der Waals surface area contributed by atoms with E-state index in [1.807, 2.05) is 0 Å². The molecule has 0 fully saturated rings. The van der Waals surface area contributed by atoms with Crippen LogP contribution in [0.4, 0.5) is 14.5 Å². The van der Waals surface area contributed by atoms with Crippen molar-refractivity contribution in [2.24, 2.45) is 0 Å². The summed E-state index contributed by atoms with van der Waals surface area (Å²) in [5.41, 5.74) is 4.87. The van der Waals surface area contributed by atoms with Crippen LogP contribution < -0.4 is 10.5 Å². The van der Waals surface area contributed by atoms with Gasteiger partial charge in [0.25, 0.3) is 6.43 Å². The lowest BCUT2D eigenvalue weighted by Crippen LogP contribution is -2.11. The maximum Gasteiger partial charge on any atom is 0.338 e. The predicted molar refractivity (Wildman–Crippen MR) is 47.1 cm³/mol. The standard InChI is InChI=1S/C8H8F2N2O3/c9-5(10)3-15-7-6(11)4(8(13)14)1-2-12-7/h1-2,5H,3,11H2,(H,13,14). The topological polar surface area (TPSA) is 85.4 Å². The molecule has 0 aliphatic heterocycles. The highest BCUT2D eigenvalue weighted by Crippen LogP contribution is 2.22. The second kappa shape index (κ2) is 4.54. The summed E-state index contributed by atoms with van der Waals surface area (Å²) in [4.78, 5) is 14.2. The van der Waals surface area contributed by atoms with E-state index in [0.29, 0.717) is 0 Å². The third kappa shape index (κ3) is 2.76. The summed E-state index contributed by atoms with van der Waals surface area (Å²) in [5, 5.41) is 8.66. The van der Waals surface area contributed by atoms with E-state index in [1.165, 1.54) is 0 Å². The number of aromatic nitrogens is 1. The molecule has 0 atom stereocenters. The molecule has 1 rings (SSSR count). The van der Waals surface area contributed by atoms with E-state index in [2.05, 4.69) is 9.72 Å². The van der Waals surface area contributed by atoms with E-state index in [9.17, 15) is 13.6 Å². The molecule has 1 heterocycles. The number of anilines is 1. The number of nitrogen functional groups attached to an aromatic ring is 1. The van der Waals surface area contributed by atoms with Gasteiger partial charge in [0, 0.05) is 6.20 Å². The Hall–Kier alpha value is -1.92. The quantitative estimate of drug-likeness (QED) is 0.787. The van der Waals surface area contributed by atoms with Crippen LogP contribution in [0.2, 0.25) is 0 Å². The summed E-state index contributed by atoms with van der Waals surface area (Å²) >= 11 is 0. The first-order valence-electron chi connectivity index (χ1n) is 3.91. The first-order chi connectivity index (χ1) is 7.02. The molecule has 0 radical (unpaired) electrons. The highest BCUT2D eigenvalue weighted by Gasteiger charge is 2.14. The molecule has 15 heavy (non-hydrogen) atoms. The molecule has 5 nitrogen and oxygen atoms in total. The molecular weight excluding hydrogens is 210 g/mol. The summed E-state index contributed by atoms with van der Waals surface area (Å²) in [6, 6.07) is 1.16. The number of ether oxygens (including phenoxy) is 1. The van der Waals surface area contributed by atoms with E-state index in [0.717, 1.165) is 12.3 Å². The fourth-order valence-corrected chi connectivity index (χ4v) is 0.897. The van der Waals surface area contributed by atoms with Gasteiger partial charge in [-0.3, -0.25) is 0 Å². The number of nitrogens with two attached hydrogens (primary N) is 1. The van der Waals surface area contributed by atoms with Crippen molar-refractivity contribution in [2.75, 3.05) is 12.3 Å². The molecule has 1 aromatic rings. The molecule has 3 N–H and O–H groups in total. The van der Waals surface area contributed by atoms with Gasteiger partial charge in [-0.15, -0.1) is 0 Å². The minimum absolute atomic E-state index is 0.228. The minimum atomic E-state index is -2.67. The number of carbonyl (C=O) groups is 1. The Kier molecular flexibility index (Phi) is 3.37. The molecule has 0 unspecified atom stereocenters. The monoisotopic (exact) mass is 218 g/mol. The maximum absolute atomic E-state index is 11.8. The Morgan fingerprint density at radius 3 is 2.87 bits per heavy atom. The molecule has 1 aromatic heterocycles. The number of rotatable bonds is 4. The molecule has 0 spiro atoms. The molecule has 0 saturated carbocycles. The van der Waals surface area contributed by atoms with Gasteiger partial charge >= 0.3 is 5.97 Å². The van der Waals surface area contributed by atoms with Crippen molar-refractivity contribution in [1.82, 2.24) is 4.98 Å². The third-order valence-corrected chi connectivity index (χ3v) is 1.53. The number of halogens is 2. The zero-order valence-corrected chi connectivity index (χ0v) is 7.48. The molecule has 0 amide bonds. The fourth-order valence-electron chi connectivity index (χ4n) is 0.897. The van der Waals surface area contributed by atoms with Gasteiger partial charge < -0.3 is 15.6 Å². The average molecular weight is 218 g/mol. The second-order valence-corrected chi connectivity index (χ2v) is 2.58. The Morgan fingerprint density at radius 2 is 2.33 bits per heavy atom. The second-order valence-electron chi connectivity index (χ2n) is 2.58. The Balaban J connectivity index is 2.89. The van der Waals surface area contributed by atoms with Crippen LogP contribution in [0.3, 0.4) is 0 Å². The molecule has 0 aromatic carbocycles. The smallest absolute Gasteiger partial charge is 0.338 e. The number of carboxylic acids is 1. The molecule has 82 valence electrons. The van der Waals surface area contributed by atoms with Crippen LogP contribution in [-0.2, 0) is 0 Å². The van der Waals surface area contributed by atoms with Crippen LogP contribution in [0.15, 0.2) is 12.3 Å². The van der Waals surface area contributed by atoms with Crippen molar-refractivity contribution in [1.29, 1.82) is 0 Å². The van der Waals surface area contributed by atoms with Crippen molar-refractivity contribution in [3.8, 4) is 5.88 Å². The molecule has 0 aliphatic carbocycles. The van der Waals surface area contributed by atoms with Crippen LogP contribution in [0.5, 0.6) is 5.88 Å². The fraction of sp³-hybridized carbons (Fsp3) is 0.250. The average Bonchev–Trinajstić information content (AvgIpc) is 2.15. The maximum atomic E-state index is 11.8. The lowest BCUT2D eigenvalue weighted by molar-refractivity contribution is 0.0696. The highest BCUT2D eigenvalue weighted by atomic mass is 19.3. The predicted octanol–water partition coefficient (Wildman–Crippen LogP) is 1.01. The van der Waals surface area contributed by atoms with Crippen molar-refractivity contribution in [2.45, 2.75) is 6.43 Å². The normalized spacial score (nSPS) is 10.3. The van der Waals surface area contributed by atoms with Crippen LogP contribution in [0, 0.1) is 0 Å². The number of alkyl halides is 2. The van der Waals surface area contributed by atoms with Gasteiger partial charge in [0.2, 0.25) is 5.88 Å². The van der Waals surface area contributed by atoms with Gasteiger partial charge in [0.05, 0.1) is 5.56 Å². The number of aromatic carboxylic acids is 1. The van der Waals surface area contributed by atoms with Crippen LogP contribution >= 0.6 is 0 Å². The molecule has 7 heteroatoms. The van der Waals surface area contributed by atoms with E-state index < -0.39 is 19.0 Å². The third-order valence-electron chi connectivity index (χ3n) is 1.53. The zero-order chi connectivity index (χ0) is 11.4. The van der Waals surface area contributed by atoms with Gasteiger partial charge in [0.15, 0.2) is 6.61 Å². The van der Waals surface area contributed by atoms with Gasteiger partial charge in [-0.25, -0.2) is 18.6 Å². The van der Waals surface area contributed by atoms with Crippen LogP contribution in [-0.4, -0.2) is 29.1 Å². The Morgan fingerprint density at radius 1 is 1.67 bits per heavy atom. The Labute approximate surface area is 83.5 Å². The van der Waals surface area contributed by atoms with E-state index in [4.69, 9.17) is 10.8 Å². The van der Waals surface area contributed by atoms with E-state index in [1.54, 1.807) is 0 Å². The van der Waals surface area contributed by atoms with Gasteiger partial charge in [0.1, 0.15) is 5.69 Å². The number of nitrogens with zero attached hydrogens (tertiary/aromatic N) is 1. The SMILES string of the molecule is Nc1c(C(=O)O)ccnc1OCC(F)F. The summed E-state index contributed by atoms with van der Waals surface area (Å²) < 4.78 is 28.1. The number of hydrogen-bond donors (Lipinski definition) is 2. The van der Waals surface area contributed by atoms with Gasteiger partial charge in [-0.2, -0.15) is 0 Å². The molecule has 0 aliphatic rings. The van der Waals surface area contributed by atoms with Crippen LogP contribution in [0.1, 0.15) is 10.4 Å². The molecular formula is C8H8F2N2O3. The zero-order valence-electron chi connectivity index (χ0n) is 7.48. The van der Waals surface area contributed by atoms with Crippen LogP contribution in [0.25, 0.3) is 0 Å². The summed E-state index contributed by atoms with van der Waals surface area (Å²) in [6.45, 7) is -0.875. The number of carboxylic acid groups (broad SMARTS) is 1. The summed E-state index contributed by atoms with van der Waals surface area (Å²) in [5.74, 6) is -1.56. The number of hydrogen-bond acceptors (Lipinski definition) is 4. The van der Waals surface area contributed by atoms with E-state index in [-0.39, 0.29) is 17.1 Å². The first-order valence-corrected chi connectivity index (χ1v) is 3.91.